The van der Waals surface area contributed by atoms with Crippen LogP contribution in [0.1, 0.15) is 49.8 Å². The zero-order valence-corrected chi connectivity index (χ0v) is 21.2. The van der Waals surface area contributed by atoms with Gasteiger partial charge < -0.3 is 19.4 Å². The van der Waals surface area contributed by atoms with Crippen LogP contribution in [0.15, 0.2) is 40.4 Å². The van der Waals surface area contributed by atoms with Crippen molar-refractivity contribution in [2.75, 3.05) is 13.2 Å². The van der Waals surface area contributed by atoms with E-state index in [1.165, 1.54) is 11.3 Å². The zero-order chi connectivity index (χ0) is 25.7. The lowest BCUT2D eigenvalue weighted by Gasteiger charge is -2.28. The van der Waals surface area contributed by atoms with E-state index >= 15 is 0 Å². The van der Waals surface area contributed by atoms with Crippen molar-refractivity contribution in [3.8, 4) is 28.0 Å². The maximum absolute atomic E-state index is 13.4. The number of rotatable bonds is 7. The summed E-state index contributed by atoms with van der Waals surface area (Å²) in [5.41, 5.74) is 6.41. The van der Waals surface area contributed by atoms with Gasteiger partial charge in [-0.25, -0.2) is 4.98 Å². The fraction of sp³-hybridized carbons (Fsp3) is 0.385. The third kappa shape index (κ3) is 5.58. The minimum atomic E-state index is -0.619. The minimum absolute atomic E-state index is 0.0161. The molecule has 1 saturated heterocycles. The monoisotopic (exact) mass is 508 g/mol. The lowest BCUT2D eigenvalue weighted by atomic mass is 9.91. The number of thiazole rings is 1. The third-order valence-corrected chi connectivity index (χ3v) is 6.84. The maximum atomic E-state index is 13.4. The van der Waals surface area contributed by atoms with E-state index < -0.39 is 12.0 Å². The van der Waals surface area contributed by atoms with Crippen molar-refractivity contribution < 1.29 is 24.1 Å². The molecule has 1 aromatic carbocycles. The smallest absolute Gasteiger partial charge is 0.275 e. The molecule has 2 aromatic heterocycles. The van der Waals surface area contributed by atoms with Crippen LogP contribution in [0.5, 0.6) is 5.75 Å². The van der Waals surface area contributed by atoms with Gasteiger partial charge in [-0.15, -0.1) is 11.3 Å². The Morgan fingerprint density at radius 3 is 2.78 bits per heavy atom. The molecule has 0 bridgehead atoms. The van der Waals surface area contributed by atoms with Gasteiger partial charge in [-0.2, -0.15) is 5.48 Å². The fourth-order valence-electron chi connectivity index (χ4n) is 4.26. The molecule has 0 saturated carbocycles. The van der Waals surface area contributed by atoms with Gasteiger partial charge >= 0.3 is 0 Å². The van der Waals surface area contributed by atoms with Crippen molar-refractivity contribution in [3.05, 3.63) is 53.0 Å². The Morgan fingerprint density at radius 2 is 2.11 bits per heavy atom. The second-order valence-electron chi connectivity index (χ2n) is 8.86. The summed E-state index contributed by atoms with van der Waals surface area (Å²) in [5.74, 6) is 5.37. The Kier molecular flexibility index (Phi) is 8.03. The van der Waals surface area contributed by atoms with Gasteiger partial charge in [0.25, 0.3) is 5.91 Å². The van der Waals surface area contributed by atoms with Gasteiger partial charge in [-0.05, 0) is 61.4 Å². The summed E-state index contributed by atoms with van der Waals surface area (Å²) < 4.78 is 5.39. The molecule has 1 aliphatic rings. The summed E-state index contributed by atoms with van der Waals surface area (Å²) in [6, 6.07) is 8.31. The van der Waals surface area contributed by atoms with Crippen LogP contribution in [0, 0.1) is 24.7 Å². The van der Waals surface area contributed by atoms with Crippen molar-refractivity contribution in [1.29, 1.82) is 0 Å². The molecule has 2 atom stereocenters. The van der Waals surface area contributed by atoms with Crippen molar-refractivity contribution >= 4 is 23.2 Å². The van der Waals surface area contributed by atoms with Gasteiger partial charge in [0.05, 0.1) is 16.1 Å². The highest BCUT2D eigenvalue weighted by Gasteiger charge is 2.40. The summed E-state index contributed by atoms with van der Waals surface area (Å²) >= 11 is 1.45. The molecule has 0 aliphatic carbocycles. The van der Waals surface area contributed by atoms with Crippen LogP contribution in [0.4, 0.5) is 0 Å². The number of aromatic nitrogens is 2. The molecule has 1 aliphatic heterocycles. The maximum Gasteiger partial charge on any atom is 0.275 e. The summed E-state index contributed by atoms with van der Waals surface area (Å²) in [6.45, 7) is 5.98. The second-order valence-corrected chi connectivity index (χ2v) is 9.72. The molecule has 1 fully saturated rings. The van der Waals surface area contributed by atoms with Gasteiger partial charge in [-0.3, -0.25) is 9.59 Å². The molecule has 2 amide bonds. The Morgan fingerprint density at radius 1 is 1.33 bits per heavy atom. The lowest BCUT2D eigenvalue weighted by Crippen LogP contribution is -2.48. The molecule has 2 unspecified atom stereocenters. The van der Waals surface area contributed by atoms with Crippen LogP contribution in [0.3, 0.4) is 0 Å². The number of nitrogens with zero attached hydrogens (tertiary/aromatic N) is 3. The number of amides is 2. The number of aliphatic hydroxyl groups excluding tert-OH is 1. The molecular formula is C26H28N4O5S. The predicted molar refractivity (Wildman–Crippen MR) is 134 cm³/mol. The van der Waals surface area contributed by atoms with Crippen molar-refractivity contribution in [2.45, 2.75) is 45.6 Å². The molecule has 9 nitrogen and oxygen atoms in total. The van der Waals surface area contributed by atoms with Crippen molar-refractivity contribution in [3.63, 3.8) is 0 Å². The van der Waals surface area contributed by atoms with E-state index in [1.807, 2.05) is 32.9 Å². The first kappa shape index (κ1) is 25.4. The molecule has 3 heterocycles. The highest BCUT2D eigenvalue weighted by molar-refractivity contribution is 7.13. The number of likely N-dealkylation sites (tertiary alicyclic amines) is 1. The number of aliphatic hydroxyl groups is 1. The Hall–Kier alpha value is -3.68. The van der Waals surface area contributed by atoms with Crippen LogP contribution < -0.4 is 10.3 Å². The number of benzene rings is 1. The number of hydrogen-bond acceptors (Lipinski definition) is 8. The SMILES string of the molecule is Cc1cc(C(C(=O)N2CCCC2C(=O)NOc2ccc(-c3scnc3C#CCO)cc2)C(C)C)on1. The number of nitrogens with one attached hydrogen (secondary N) is 1. The van der Waals surface area contributed by atoms with Gasteiger partial charge in [0.2, 0.25) is 5.91 Å². The van der Waals surface area contributed by atoms with Crippen LogP contribution in [0.2, 0.25) is 0 Å². The van der Waals surface area contributed by atoms with Crippen LogP contribution in [0.25, 0.3) is 10.4 Å². The molecule has 0 spiro atoms. The minimum Gasteiger partial charge on any atom is -0.384 e. The Labute approximate surface area is 213 Å². The average molecular weight is 509 g/mol. The fourth-order valence-corrected chi connectivity index (χ4v) is 5.01. The Bertz CT molecular complexity index is 1270. The molecule has 10 heteroatoms. The molecule has 188 valence electrons. The van der Waals surface area contributed by atoms with Crippen LogP contribution in [-0.2, 0) is 9.59 Å². The first-order chi connectivity index (χ1) is 17.4. The van der Waals surface area contributed by atoms with E-state index in [-0.39, 0.29) is 24.3 Å². The summed E-state index contributed by atoms with van der Waals surface area (Å²) in [4.78, 5) is 38.6. The van der Waals surface area contributed by atoms with E-state index in [2.05, 4.69) is 27.5 Å². The first-order valence-electron chi connectivity index (χ1n) is 11.7. The summed E-state index contributed by atoms with van der Waals surface area (Å²) in [6.07, 6.45) is 1.29. The quantitative estimate of drug-likeness (QED) is 0.371. The third-order valence-electron chi connectivity index (χ3n) is 5.96. The second kappa shape index (κ2) is 11.4. The predicted octanol–water partition coefficient (Wildman–Crippen LogP) is 3.29. The van der Waals surface area contributed by atoms with Crippen molar-refractivity contribution in [1.82, 2.24) is 20.5 Å². The highest BCUT2D eigenvalue weighted by Crippen LogP contribution is 2.31. The average Bonchev–Trinajstić information content (AvgIpc) is 3.62. The van der Waals surface area contributed by atoms with E-state index in [9.17, 15) is 9.59 Å². The van der Waals surface area contributed by atoms with E-state index in [1.54, 1.807) is 28.6 Å². The van der Waals surface area contributed by atoms with E-state index in [4.69, 9.17) is 14.5 Å². The number of hydrogen-bond donors (Lipinski definition) is 2. The highest BCUT2D eigenvalue weighted by atomic mass is 32.1. The lowest BCUT2D eigenvalue weighted by molar-refractivity contribution is -0.143. The van der Waals surface area contributed by atoms with Crippen LogP contribution in [-0.4, -0.2) is 51.2 Å². The Balaban J connectivity index is 1.40. The number of carbonyl (C=O) groups is 2. The summed E-state index contributed by atoms with van der Waals surface area (Å²) in [5, 5.41) is 12.8. The molecular weight excluding hydrogens is 480 g/mol. The molecule has 36 heavy (non-hydrogen) atoms. The largest absolute Gasteiger partial charge is 0.384 e. The molecule has 3 aromatic rings. The molecule has 4 rings (SSSR count). The number of carbonyl (C=O) groups excluding carboxylic acids is 2. The molecule has 2 N–H and O–H groups in total. The standard InChI is InChI=1S/C26H28N4O5S/c1-16(2)23(22-14-17(3)28-35-22)26(33)30-12-4-7-21(30)25(32)29-34-19-10-8-18(9-11-19)24-20(6-5-13-31)27-15-36-24/h8-11,14-16,21,23,31H,4,7,12-13H2,1-3H3,(H,29,32). The van der Waals surface area contributed by atoms with E-state index in [0.717, 1.165) is 16.9 Å². The van der Waals surface area contributed by atoms with Crippen molar-refractivity contribution in [2.24, 2.45) is 5.92 Å². The van der Waals surface area contributed by atoms with Crippen LogP contribution >= 0.6 is 11.3 Å². The van der Waals surface area contributed by atoms with E-state index in [0.29, 0.717) is 35.9 Å². The topological polar surface area (TPSA) is 118 Å². The van der Waals surface area contributed by atoms with Gasteiger partial charge in [0.1, 0.15) is 30.0 Å². The number of hydroxylamine groups is 1. The first-order valence-corrected chi connectivity index (χ1v) is 12.6. The number of aryl methyl sites for hydroxylation is 1. The molecule has 0 radical (unpaired) electrons. The van der Waals surface area contributed by atoms with Gasteiger partial charge in [0, 0.05) is 12.6 Å². The van der Waals surface area contributed by atoms with Gasteiger partial charge in [-0.1, -0.05) is 24.9 Å². The normalized spacial score (nSPS) is 15.9. The van der Waals surface area contributed by atoms with Gasteiger partial charge in [0.15, 0.2) is 5.75 Å². The zero-order valence-electron chi connectivity index (χ0n) is 20.4. The summed E-state index contributed by atoms with van der Waals surface area (Å²) in [7, 11) is 0.